The number of fused-ring (bicyclic) bond motifs is 2. The molecule has 0 spiro atoms. The fourth-order valence-electron chi connectivity index (χ4n) is 3.57. The minimum Gasteiger partial charge on any atom is -0.339 e. The molecule has 1 amide bonds. The smallest absolute Gasteiger partial charge is 0.274 e. The summed E-state index contributed by atoms with van der Waals surface area (Å²) in [5.41, 5.74) is 4.42. The minimum atomic E-state index is -3.78. The Labute approximate surface area is 164 Å². The molecular weight excluding hydrogens is 376 g/mol. The van der Waals surface area contributed by atoms with Crippen LogP contribution in [0.4, 0.5) is 17.1 Å². The van der Waals surface area contributed by atoms with Crippen molar-refractivity contribution in [1.82, 2.24) is 5.32 Å². The maximum atomic E-state index is 12.9. The van der Waals surface area contributed by atoms with Gasteiger partial charge < -0.3 is 15.1 Å². The standard InChI is InChI=1S/C20H22N4O3S/c1-13-20(25)24(3)18-7-6-17(11-19(18)23(13)2)28(26,27)22-16-5-4-14-8-9-21-12-15(14)10-16/h4-7,10-11,21-22H,1,8-9,12H2,2-3H3. The van der Waals surface area contributed by atoms with Crippen LogP contribution in [0, 0.1) is 0 Å². The third-order valence-corrected chi connectivity index (χ3v) is 6.66. The number of rotatable bonds is 3. The van der Waals surface area contributed by atoms with Crippen molar-refractivity contribution < 1.29 is 13.2 Å². The predicted molar refractivity (Wildman–Crippen MR) is 110 cm³/mol. The minimum absolute atomic E-state index is 0.129. The Morgan fingerprint density at radius 2 is 1.82 bits per heavy atom. The van der Waals surface area contributed by atoms with Gasteiger partial charge in [0.1, 0.15) is 0 Å². The largest absolute Gasteiger partial charge is 0.339 e. The average molecular weight is 398 g/mol. The molecule has 0 unspecified atom stereocenters. The molecule has 0 bridgehead atoms. The summed E-state index contributed by atoms with van der Waals surface area (Å²) in [6.45, 7) is 5.46. The molecule has 0 saturated carbocycles. The number of hydrogen-bond acceptors (Lipinski definition) is 5. The van der Waals surface area contributed by atoms with E-state index in [9.17, 15) is 13.2 Å². The summed E-state index contributed by atoms with van der Waals surface area (Å²) in [5, 5.41) is 3.29. The number of amides is 1. The van der Waals surface area contributed by atoms with Gasteiger partial charge in [-0.2, -0.15) is 0 Å². The Bertz CT molecular complexity index is 1090. The number of anilines is 3. The lowest BCUT2D eigenvalue weighted by molar-refractivity contribution is -0.115. The summed E-state index contributed by atoms with van der Waals surface area (Å²) < 4.78 is 28.5. The van der Waals surface area contributed by atoms with E-state index >= 15 is 0 Å². The van der Waals surface area contributed by atoms with Crippen molar-refractivity contribution in [2.24, 2.45) is 0 Å². The quantitative estimate of drug-likeness (QED) is 0.774. The molecule has 0 aliphatic carbocycles. The van der Waals surface area contributed by atoms with Gasteiger partial charge in [-0.3, -0.25) is 9.52 Å². The highest BCUT2D eigenvalue weighted by molar-refractivity contribution is 7.92. The first-order chi connectivity index (χ1) is 13.3. The lowest BCUT2D eigenvalue weighted by atomic mass is 10.0. The van der Waals surface area contributed by atoms with Gasteiger partial charge in [-0.15, -0.1) is 0 Å². The van der Waals surface area contributed by atoms with Gasteiger partial charge in [0.15, 0.2) is 0 Å². The molecule has 2 aromatic rings. The number of benzene rings is 2. The van der Waals surface area contributed by atoms with Gasteiger partial charge in [-0.25, -0.2) is 8.42 Å². The van der Waals surface area contributed by atoms with Crippen molar-refractivity contribution in [3.63, 3.8) is 0 Å². The Morgan fingerprint density at radius 3 is 2.61 bits per heavy atom. The van der Waals surface area contributed by atoms with E-state index in [0.717, 1.165) is 25.1 Å². The number of nitrogens with one attached hydrogen (secondary N) is 2. The average Bonchev–Trinajstić information content (AvgIpc) is 2.69. The number of sulfonamides is 1. The highest BCUT2D eigenvalue weighted by Crippen LogP contribution is 2.37. The van der Waals surface area contributed by atoms with E-state index in [2.05, 4.69) is 16.6 Å². The number of hydrogen-bond donors (Lipinski definition) is 2. The first-order valence-electron chi connectivity index (χ1n) is 8.98. The molecule has 0 saturated heterocycles. The number of likely N-dealkylation sites (N-methyl/N-ethyl adjacent to an activating group) is 2. The van der Waals surface area contributed by atoms with Gasteiger partial charge >= 0.3 is 0 Å². The van der Waals surface area contributed by atoms with Crippen LogP contribution in [0.5, 0.6) is 0 Å². The van der Waals surface area contributed by atoms with Gasteiger partial charge in [-0.1, -0.05) is 12.6 Å². The molecule has 0 atom stereocenters. The highest BCUT2D eigenvalue weighted by Gasteiger charge is 2.30. The first-order valence-corrected chi connectivity index (χ1v) is 10.5. The van der Waals surface area contributed by atoms with Crippen LogP contribution in [0.25, 0.3) is 0 Å². The van der Waals surface area contributed by atoms with Crippen molar-refractivity contribution >= 4 is 33.0 Å². The molecule has 0 aromatic heterocycles. The molecule has 0 radical (unpaired) electrons. The van der Waals surface area contributed by atoms with E-state index < -0.39 is 10.0 Å². The van der Waals surface area contributed by atoms with Crippen molar-refractivity contribution in [3.8, 4) is 0 Å². The Hall–Kier alpha value is -2.84. The maximum Gasteiger partial charge on any atom is 0.274 e. The van der Waals surface area contributed by atoms with Crippen LogP contribution in [0.1, 0.15) is 11.1 Å². The third-order valence-electron chi connectivity index (χ3n) is 5.28. The summed E-state index contributed by atoms with van der Waals surface area (Å²) in [5.74, 6) is -0.216. The normalized spacial score (nSPS) is 16.6. The van der Waals surface area contributed by atoms with Crippen LogP contribution in [0.15, 0.2) is 53.6 Å². The Kier molecular flexibility index (Phi) is 4.40. The Morgan fingerprint density at radius 1 is 1.04 bits per heavy atom. The fraction of sp³-hybridized carbons (Fsp3) is 0.250. The van der Waals surface area contributed by atoms with E-state index in [0.29, 0.717) is 22.8 Å². The summed E-state index contributed by atoms with van der Waals surface area (Å²) in [6, 6.07) is 10.3. The van der Waals surface area contributed by atoms with E-state index in [-0.39, 0.29) is 10.8 Å². The molecular formula is C20H22N4O3S. The lowest BCUT2D eigenvalue weighted by Crippen LogP contribution is -2.39. The predicted octanol–water partition coefficient (Wildman–Crippen LogP) is 2.06. The van der Waals surface area contributed by atoms with Gasteiger partial charge in [0.05, 0.1) is 22.0 Å². The second-order valence-corrected chi connectivity index (χ2v) is 8.72. The van der Waals surface area contributed by atoms with E-state index in [4.69, 9.17) is 0 Å². The van der Waals surface area contributed by atoms with Gasteiger partial charge in [-0.05, 0) is 54.4 Å². The van der Waals surface area contributed by atoms with E-state index in [1.54, 1.807) is 37.2 Å². The van der Waals surface area contributed by atoms with Crippen LogP contribution < -0.4 is 19.8 Å². The van der Waals surface area contributed by atoms with Gasteiger partial charge in [0.25, 0.3) is 15.9 Å². The third kappa shape index (κ3) is 3.04. The number of carbonyl (C=O) groups is 1. The van der Waals surface area contributed by atoms with Crippen molar-refractivity contribution in [3.05, 3.63) is 59.8 Å². The lowest BCUT2D eigenvalue weighted by Gasteiger charge is -2.34. The zero-order valence-corrected chi connectivity index (χ0v) is 16.6. The highest BCUT2D eigenvalue weighted by atomic mass is 32.2. The van der Waals surface area contributed by atoms with Crippen LogP contribution in [0.3, 0.4) is 0 Å². The molecule has 146 valence electrons. The Balaban J connectivity index is 1.67. The van der Waals surface area contributed by atoms with Crippen LogP contribution in [-0.2, 0) is 27.8 Å². The van der Waals surface area contributed by atoms with Gasteiger partial charge in [0.2, 0.25) is 0 Å². The molecule has 2 N–H and O–H groups in total. The molecule has 2 aliphatic heterocycles. The summed E-state index contributed by atoms with van der Waals surface area (Å²) in [6.07, 6.45) is 0.940. The second kappa shape index (κ2) is 6.65. The summed E-state index contributed by atoms with van der Waals surface area (Å²) in [4.78, 5) is 15.4. The molecule has 4 rings (SSSR count). The van der Waals surface area contributed by atoms with Crippen LogP contribution in [0.2, 0.25) is 0 Å². The summed E-state index contributed by atoms with van der Waals surface area (Å²) in [7, 11) is -0.429. The topological polar surface area (TPSA) is 81.8 Å². The van der Waals surface area contributed by atoms with E-state index in [1.165, 1.54) is 16.5 Å². The number of nitrogens with zero attached hydrogens (tertiary/aromatic N) is 2. The first kappa shape index (κ1) is 18.5. The monoisotopic (exact) mass is 398 g/mol. The molecule has 2 aromatic carbocycles. The second-order valence-electron chi connectivity index (χ2n) is 7.04. The van der Waals surface area contributed by atoms with Crippen LogP contribution >= 0.6 is 0 Å². The zero-order valence-electron chi connectivity index (χ0n) is 15.8. The molecule has 28 heavy (non-hydrogen) atoms. The van der Waals surface area contributed by atoms with Gasteiger partial charge in [0, 0.05) is 26.3 Å². The fourth-order valence-corrected chi connectivity index (χ4v) is 4.64. The molecule has 7 nitrogen and oxygen atoms in total. The van der Waals surface area contributed by atoms with Crippen molar-refractivity contribution in [1.29, 1.82) is 0 Å². The maximum absolute atomic E-state index is 12.9. The molecule has 2 heterocycles. The van der Waals surface area contributed by atoms with E-state index in [1.807, 2.05) is 12.1 Å². The molecule has 2 aliphatic rings. The van der Waals surface area contributed by atoms with Crippen LogP contribution in [-0.4, -0.2) is 35.0 Å². The van der Waals surface area contributed by atoms with Crippen molar-refractivity contribution in [2.75, 3.05) is 35.2 Å². The summed E-state index contributed by atoms with van der Waals surface area (Å²) >= 11 is 0. The van der Waals surface area contributed by atoms with Crippen molar-refractivity contribution in [2.45, 2.75) is 17.9 Å². The zero-order chi connectivity index (χ0) is 20.1. The number of carbonyl (C=O) groups excluding carboxylic acids is 1. The molecule has 0 fully saturated rings. The molecule has 8 heteroatoms. The SMILES string of the molecule is C=C1C(=O)N(C)c2ccc(S(=O)(=O)Nc3ccc4c(c3)CNCC4)cc2N1C.